The number of nitrogens with zero attached hydrogens (tertiary/aromatic N) is 2. The molecule has 1 saturated carbocycles. The summed E-state index contributed by atoms with van der Waals surface area (Å²) in [5.41, 5.74) is 1.29. The molecule has 0 unspecified atom stereocenters. The van der Waals surface area contributed by atoms with Crippen LogP contribution in [0, 0.1) is 6.92 Å². The van der Waals surface area contributed by atoms with Gasteiger partial charge in [0.2, 0.25) is 11.3 Å². The van der Waals surface area contributed by atoms with Crippen molar-refractivity contribution in [1.29, 1.82) is 0 Å². The van der Waals surface area contributed by atoms with Crippen molar-refractivity contribution in [2.45, 2.75) is 38.6 Å². The fourth-order valence-corrected chi connectivity index (χ4v) is 2.94. The molecule has 3 rings (SSSR count). The SMILES string of the molecule is COc1cc(=O)c(C(=O)NC2CCCC2)nn1-c1ccc(C)cc1. The lowest BCUT2D eigenvalue weighted by molar-refractivity contribution is 0.0929. The summed E-state index contributed by atoms with van der Waals surface area (Å²) < 4.78 is 6.72. The highest BCUT2D eigenvalue weighted by molar-refractivity contribution is 5.92. The molecule has 0 bridgehead atoms. The lowest BCUT2D eigenvalue weighted by Crippen LogP contribution is -2.37. The Morgan fingerprint density at radius 3 is 2.54 bits per heavy atom. The average molecular weight is 327 g/mol. The van der Waals surface area contributed by atoms with Crippen molar-refractivity contribution >= 4 is 5.91 Å². The molecule has 1 fully saturated rings. The quantitative estimate of drug-likeness (QED) is 0.934. The molecule has 0 aliphatic heterocycles. The minimum Gasteiger partial charge on any atom is -0.481 e. The van der Waals surface area contributed by atoms with Gasteiger partial charge < -0.3 is 10.1 Å². The number of hydrogen-bond donors (Lipinski definition) is 1. The maximum absolute atomic E-state index is 12.4. The van der Waals surface area contributed by atoms with Crippen LogP contribution in [0.5, 0.6) is 5.88 Å². The van der Waals surface area contributed by atoms with Gasteiger partial charge in [0.1, 0.15) is 0 Å². The molecule has 0 radical (unpaired) electrons. The zero-order chi connectivity index (χ0) is 17.1. The Balaban J connectivity index is 1.97. The summed E-state index contributed by atoms with van der Waals surface area (Å²) in [7, 11) is 1.47. The van der Waals surface area contributed by atoms with Crippen molar-refractivity contribution in [3.8, 4) is 11.6 Å². The van der Waals surface area contributed by atoms with Gasteiger partial charge in [-0.05, 0) is 31.9 Å². The van der Waals surface area contributed by atoms with E-state index in [1.807, 2.05) is 31.2 Å². The zero-order valence-corrected chi connectivity index (χ0v) is 13.9. The van der Waals surface area contributed by atoms with E-state index in [9.17, 15) is 9.59 Å². The number of ether oxygens (including phenoxy) is 1. The van der Waals surface area contributed by atoms with Gasteiger partial charge in [-0.3, -0.25) is 9.59 Å². The van der Waals surface area contributed by atoms with Gasteiger partial charge >= 0.3 is 0 Å². The van der Waals surface area contributed by atoms with E-state index in [0.29, 0.717) is 5.88 Å². The van der Waals surface area contributed by atoms with Crippen LogP contribution in [0.1, 0.15) is 41.7 Å². The smallest absolute Gasteiger partial charge is 0.276 e. The maximum atomic E-state index is 12.4. The molecule has 1 heterocycles. The lowest BCUT2D eigenvalue weighted by Gasteiger charge is -2.14. The second-order valence-electron chi connectivity index (χ2n) is 6.10. The van der Waals surface area contributed by atoms with Crippen LogP contribution in [0.15, 0.2) is 35.1 Å². The van der Waals surface area contributed by atoms with E-state index in [2.05, 4.69) is 10.4 Å². The number of aromatic nitrogens is 2. The molecule has 1 aromatic carbocycles. The van der Waals surface area contributed by atoms with Crippen LogP contribution in [0.25, 0.3) is 5.69 Å². The molecule has 1 aliphatic carbocycles. The van der Waals surface area contributed by atoms with Crippen molar-refractivity contribution in [2.24, 2.45) is 0 Å². The fourth-order valence-electron chi connectivity index (χ4n) is 2.94. The first kappa shape index (κ1) is 16.2. The number of methoxy groups -OCH3 is 1. The van der Waals surface area contributed by atoms with Gasteiger partial charge in [-0.15, -0.1) is 0 Å². The third-order valence-corrected chi connectivity index (χ3v) is 4.29. The molecule has 0 saturated heterocycles. The zero-order valence-electron chi connectivity index (χ0n) is 13.9. The number of amides is 1. The third kappa shape index (κ3) is 3.32. The van der Waals surface area contributed by atoms with Crippen LogP contribution in [0.4, 0.5) is 0 Å². The average Bonchev–Trinajstić information content (AvgIpc) is 3.08. The molecule has 6 nitrogen and oxygen atoms in total. The number of carbonyl (C=O) groups excluding carboxylic acids is 1. The minimum absolute atomic E-state index is 0.108. The number of nitrogens with one attached hydrogen (secondary N) is 1. The largest absolute Gasteiger partial charge is 0.481 e. The first-order chi connectivity index (χ1) is 11.6. The Morgan fingerprint density at radius 2 is 1.92 bits per heavy atom. The molecule has 126 valence electrons. The molecule has 1 aromatic heterocycles. The van der Waals surface area contributed by atoms with Crippen molar-refractivity contribution in [2.75, 3.05) is 7.11 Å². The molecular formula is C18H21N3O3. The first-order valence-electron chi connectivity index (χ1n) is 8.15. The molecule has 1 aliphatic rings. The first-order valence-corrected chi connectivity index (χ1v) is 8.15. The Hall–Kier alpha value is -2.63. The maximum Gasteiger partial charge on any atom is 0.276 e. The van der Waals surface area contributed by atoms with Gasteiger partial charge in [0, 0.05) is 6.04 Å². The number of benzene rings is 1. The Morgan fingerprint density at radius 1 is 1.25 bits per heavy atom. The summed E-state index contributed by atoms with van der Waals surface area (Å²) >= 11 is 0. The van der Waals surface area contributed by atoms with Crippen LogP contribution in [-0.2, 0) is 0 Å². The van der Waals surface area contributed by atoms with Crippen LogP contribution >= 0.6 is 0 Å². The molecule has 24 heavy (non-hydrogen) atoms. The normalized spacial score (nSPS) is 14.6. The van der Waals surface area contributed by atoms with Crippen molar-refractivity contribution in [1.82, 2.24) is 15.1 Å². The molecule has 0 atom stereocenters. The third-order valence-electron chi connectivity index (χ3n) is 4.29. The van der Waals surface area contributed by atoms with E-state index >= 15 is 0 Å². The topological polar surface area (TPSA) is 73.2 Å². The molecule has 0 spiro atoms. The van der Waals surface area contributed by atoms with Crippen LogP contribution in [0.2, 0.25) is 0 Å². The van der Waals surface area contributed by atoms with Gasteiger partial charge in [0.05, 0.1) is 18.9 Å². The summed E-state index contributed by atoms with van der Waals surface area (Å²) in [6.45, 7) is 1.99. The van der Waals surface area contributed by atoms with Gasteiger partial charge in [0.15, 0.2) is 5.69 Å². The predicted molar refractivity (Wildman–Crippen MR) is 90.8 cm³/mol. The highest BCUT2D eigenvalue weighted by Gasteiger charge is 2.22. The summed E-state index contributed by atoms with van der Waals surface area (Å²) in [5.74, 6) is -0.128. The Labute approximate surface area is 140 Å². The van der Waals surface area contributed by atoms with E-state index in [4.69, 9.17) is 4.74 Å². The predicted octanol–water partition coefficient (Wildman–Crippen LogP) is 2.22. The van der Waals surface area contributed by atoms with Crippen LogP contribution in [0.3, 0.4) is 0 Å². The van der Waals surface area contributed by atoms with Gasteiger partial charge in [-0.2, -0.15) is 5.10 Å². The summed E-state index contributed by atoms with van der Waals surface area (Å²) in [5, 5.41) is 7.16. The van der Waals surface area contributed by atoms with E-state index in [1.165, 1.54) is 17.9 Å². The van der Waals surface area contributed by atoms with Gasteiger partial charge in [0.25, 0.3) is 5.91 Å². The van der Waals surface area contributed by atoms with E-state index in [0.717, 1.165) is 36.9 Å². The summed E-state index contributed by atoms with van der Waals surface area (Å²) in [4.78, 5) is 24.7. The van der Waals surface area contributed by atoms with Crippen LogP contribution < -0.4 is 15.5 Å². The molecule has 6 heteroatoms. The monoisotopic (exact) mass is 327 g/mol. The highest BCUT2D eigenvalue weighted by Crippen LogP contribution is 2.18. The van der Waals surface area contributed by atoms with Crippen molar-refractivity contribution in [3.05, 3.63) is 51.8 Å². The molecular weight excluding hydrogens is 306 g/mol. The number of aryl methyl sites for hydroxylation is 1. The molecule has 1 amide bonds. The minimum atomic E-state index is -0.439. The van der Waals surface area contributed by atoms with Crippen LogP contribution in [-0.4, -0.2) is 28.8 Å². The van der Waals surface area contributed by atoms with Crippen molar-refractivity contribution < 1.29 is 9.53 Å². The molecule has 1 N–H and O–H groups in total. The lowest BCUT2D eigenvalue weighted by atomic mass is 10.2. The number of carbonyl (C=O) groups is 1. The summed E-state index contributed by atoms with van der Waals surface area (Å²) in [6, 6.07) is 9.05. The van der Waals surface area contributed by atoms with Gasteiger partial charge in [-0.25, -0.2) is 4.68 Å². The fraction of sp³-hybridized carbons (Fsp3) is 0.389. The second kappa shape index (κ2) is 6.86. The second-order valence-corrected chi connectivity index (χ2v) is 6.10. The molecule has 2 aromatic rings. The number of rotatable bonds is 4. The standard InChI is InChI=1S/C18H21N3O3/c1-12-7-9-14(10-8-12)21-16(24-2)11-15(22)17(20-21)18(23)19-13-5-3-4-6-13/h7-11,13H,3-6H2,1-2H3,(H,19,23). The highest BCUT2D eigenvalue weighted by atomic mass is 16.5. The van der Waals surface area contributed by atoms with E-state index in [1.54, 1.807) is 0 Å². The van der Waals surface area contributed by atoms with E-state index < -0.39 is 11.3 Å². The Bertz CT molecular complexity index is 790. The number of hydrogen-bond acceptors (Lipinski definition) is 4. The van der Waals surface area contributed by atoms with Crippen molar-refractivity contribution in [3.63, 3.8) is 0 Å². The Kier molecular flexibility index (Phi) is 4.64. The van der Waals surface area contributed by atoms with Gasteiger partial charge in [-0.1, -0.05) is 30.5 Å². The van der Waals surface area contributed by atoms with E-state index in [-0.39, 0.29) is 11.7 Å². The summed E-state index contributed by atoms with van der Waals surface area (Å²) in [6.07, 6.45) is 4.12.